The summed E-state index contributed by atoms with van der Waals surface area (Å²) in [7, 11) is -2.23. The van der Waals surface area contributed by atoms with Gasteiger partial charge in [0.25, 0.3) is 0 Å². The van der Waals surface area contributed by atoms with Crippen molar-refractivity contribution in [3.05, 3.63) is 54.1 Å². The minimum absolute atomic E-state index is 0.0689. The fourth-order valence-corrected chi connectivity index (χ4v) is 3.67. The van der Waals surface area contributed by atoms with Gasteiger partial charge in [-0.1, -0.05) is 45.0 Å². The number of amides is 1. The molecular formula is C22H30N2O5S. The second kappa shape index (κ2) is 9.84. The second-order valence-corrected chi connectivity index (χ2v) is 9.82. The molecule has 0 fully saturated rings. The summed E-state index contributed by atoms with van der Waals surface area (Å²) in [5.74, 6) is 0.653. The number of sulfonamides is 1. The number of anilines is 1. The summed E-state index contributed by atoms with van der Waals surface area (Å²) < 4.78 is 36.3. The van der Waals surface area contributed by atoms with Crippen LogP contribution in [0.1, 0.15) is 26.3 Å². The Hall–Kier alpha value is -2.74. The Morgan fingerprint density at radius 1 is 1.07 bits per heavy atom. The molecule has 7 nitrogen and oxygen atoms in total. The van der Waals surface area contributed by atoms with Crippen molar-refractivity contribution in [1.29, 1.82) is 0 Å². The predicted molar refractivity (Wildman–Crippen MR) is 119 cm³/mol. The van der Waals surface area contributed by atoms with Gasteiger partial charge < -0.3 is 14.8 Å². The summed E-state index contributed by atoms with van der Waals surface area (Å²) in [5, 5.41) is 2.69. The number of methoxy groups -OCH3 is 1. The second-order valence-electron chi connectivity index (χ2n) is 7.91. The maximum absolute atomic E-state index is 12.3. The Bertz CT molecular complexity index is 950. The Morgan fingerprint density at radius 3 is 2.27 bits per heavy atom. The molecule has 30 heavy (non-hydrogen) atoms. The third kappa shape index (κ3) is 6.66. The molecule has 0 radical (unpaired) electrons. The number of carbonyl (C=O) groups excluding carboxylic acids is 1. The SMILES string of the molecule is COc1ccccc1N(CC(=O)NCCOc1ccc(C(C)(C)C)cc1)S(C)(=O)=O. The van der Waals surface area contributed by atoms with Crippen LogP contribution in [0, 0.1) is 0 Å². The van der Waals surface area contributed by atoms with E-state index in [1.807, 2.05) is 24.3 Å². The zero-order valence-electron chi connectivity index (χ0n) is 18.1. The van der Waals surface area contributed by atoms with Crippen molar-refractivity contribution < 1.29 is 22.7 Å². The molecule has 0 atom stereocenters. The molecule has 0 aromatic heterocycles. The highest BCUT2D eigenvalue weighted by Crippen LogP contribution is 2.29. The third-order valence-electron chi connectivity index (χ3n) is 4.45. The van der Waals surface area contributed by atoms with Crippen LogP contribution in [0.3, 0.4) is 0 Å². The van der Waals surface area contributed by atoms with E-state index < -0.39 is 15.9 Å². The lowest BCUT2D eigenvalue weighted by Crippen LogP contribution is -2.41. The first-order valence-electron chi connectivity index (χ1n) is 9.63. The van der Waals surface area contributed by atoms with E-state index in [0.717, 1.165) is 10.6 Å². The molecule has 0 aliphatic rings. The highest BCUT2D eigenvalue weighted by molar-refractivity contribution is 7.92. The zero-order valence-corrected chi connectivity index (χ0v) is 19.0. The van der Waals surface area contributed by atoms with Crippen molar-refractivity contribution >= 4 is 21.6 Å². The zero-order chi connectivity index (χ0) is 22.4. The number of nitrogens with one attached hydrogen (secondary N) is 1. The van der Waals surface area contributed by atoms with Crippen LogP contribution < -0.4 is 19.1 Å². The van der Waals surface area contributed by atoms with E-state index in [1.54, 1.807) is 24.3 Å². The molecule has 8 heteroatoms. The first-order chi connectivity index (χ1) is 14.0. The number of rotatable bonds is 9. The van der Waals surface area contributed by atoms with Crippen LogP contribution in [-0.2, 0) is 20.2 Å². The number of hydrogen-bond donors (Lipinski definition) is 1. The summed E-state index contributed by atoms with van der Waals surface area (Å²) in [5.41, 5.74) is 1.59. The molecule has 1 amide bonds. The number of carbonyl (C=O) groups is 1. The van der Waals surface area contributed by atoms with Crippen LogP contribution >= 0.6 is 0 Å². The molecule has 1 N–H and O–H groups in total. The van der Waals surface area contributed by atoms with Crippen LogP contribution in [0.2, 0.25) is 0 Å². The van der Waals surface area contributed by atoms with Gasteiger partial charge in [0.2, 0.25) is 15.9 Å². The van der Waals surface area contributed by atoms with Gasteiger partial charge in [0.1, 0.15) is 24.7 Å². The molecule has 0 saturated heterocycles. The molecule has 0 spiro atoms. The van der Waals surface area contributed by atoms with Gasteiger partial charge in [-0.3, -0.25) is 9.10 Å². The molecule has 0 heterocycles. The van der Waals surface area contributed by atoms with Crippen molar-refractivity contribution in [3.63, 3.8) is 0 Å². The summed E-state index contributed by atoms with van der Waals surface area (Å²) in [6.07, 6.45) is 1.05. The number of para-hydroxylation sites is 2. The average molecular weight is 435 g/mol. The van der Waals surface area contributed by atoms with Crippen LogP contribution in [0.25, 0.3) is 0 Å². The van der Waals surface area contributed by atoms with Gasteiger partial charge in [-0.05, 0) is 35.2 Å². The molecule has 164 valence electrons. The number of benzene rings is 2. The Morgan fingerprint density at radius 2 is 1.70 bits per heavy atom. The van der Waals surface area contributed by atoms with E-state index in [0.29, 0.717) is 17.2 Å². The fourth-order valence-electron chi connectivity index (χ4n) is 2.81. The normalized spacial score (nSPS) is 11.6. The number of nitrogens with zero attached hydrogens (tertiary/aromatic N) is 1. The van der Waals surface area contributed by atoms with Crippen molar-refractivity contribution in [2.45, 2.75) is 26.2 Å². The monoisotopic (exact) mass is 434 g/mol. The highest BCUT2D eigenvalue weighted by atomic mass is 32.2. The summed E-state index contributed by atoms with van der Waals surface area (Å²) in [6, 6.07) is 14.5. The molecule has 2 aromatic carbocycles. The van der Waals surface area contributed by atoms with E-state index in [1.165, 1.54) is 12.7 Å². The van der Waals surface area contributed by atoms with Crippen molar-refractivity contribution in [3.8, 4) is 11.5 Å². The molecule has 0 aliphatic carbocycles. The highest BCUT2D eigenvalue weighted by Gasteiger charge is 2.23. The van der Waals surface area contributed by atoms with Gasteiger partial charge in [-0.25, -0.2) is 8.42 Å². The molecule has 0 unspecified atom stereocenters. The van der Waals surface area contributed by atoms with Gasteiger partial charge in [0.05, 0.1) is 25.6 Å². The van der Waals surface area contributed by atoms with E-state index >= 15 is 0 Å². The van der Waals surface area contributed by atoms with Crippen molar-refractivity contribution in [2.24, 2.45) is 0 Å². The standard InChI is InChI=1S/C22H30N2O5S/c1-22(2,3)17-10-12-18(13-11-17)29-15-14-23-21(25)16-24(30(5,26)27)19-8-6-7-9-20(19)28-4/h6-13H,14-16H2,1-5H3,(H,23,25). The van der Waals surface area contributed by atoms with Crippen molar-refractivity contribution in [2.75, 3.05) is 37.4 Å². The van der Waals surface area contributed by atoms with Crippen LogP contribution in [-0.4, -0.2) is 47.4 Å². The lowest BCUT2D eigenvalue weighted by atomic mass is 9.87. The molecule has 0 saturated carbocycles. The van der Waals surface area contributed by atoms with Crippen molar-refractivity contribution in [1.82, 2.24) is 5.32 Å². The molecule has 0 bridgehead atoms. The quantitative estimate of drug-likeness (QED) is 0.614. The lowest BCUT2D eigenvalue weighted by Gasteiger charge is -2.23. The summed E-state index contributed by atoms with van der Waals surface area (Å²) in [4.78, 5) is 12.3. The molecule has 2 aromatic rings. The third-order valence-corrected chi connectivity index (χ3v) is 5.58. The van der Waals surface area contributed by atoms with Crippen LogP contribution in [0.15, 0.2) is 48.5 Å². The van der Waals surface area contributed by atoms with Gasteiger partial charge in [0.15, 0.2) is 0 Å². The summed E-state index contributed by atoms with van der Waals surface area (Å²) >= 11 is 0. The minimum Gasteiger partial charge on any atom is -0.495 e. The summed E-state index contributed by atoms with van der Waals surface area (Å²) in [6.45, 7) is 6.60. The topological polar surface area (TPSA) is 84.9 Å². The average Bonchev–Trinajstić information content (AvgIpc) is 2.68. The largest absolute Gasteiger partial charge is 0.495 e. The molecule has 2 rings (SSSR count). The molecule has 0 aliphatic heterocycles. The van der Waals surface area contributed by atoms with E-state index in [9.17, 15) is 13.2 Å². The van der Waals surface area contributed by atoms with Gasteiger partial charge in [-0.15, -0.1) is 0 Å². The Labute approximate surface area is 179 Å². The van der Waals surface area contributed by atoms with Gasteiger partial charge in [-0.2, -0.15) is 0 Å². The van der Waals surface area contributed by atoms with E-state index in [-0.39, 0.29) is 25.1 Å². The van der Waals surface area contributed by atoms with E-state index in [2.05, 4.69) is 26.1 Å². The molecular weight excluding hydrogens is 404 g/mol. The minimum atomic E-state index is -3.67. The number of hydrogen-bond acceptors (Lipinski definition) is 5. The van der Waals surface area contributed by atoms with Gasteiger partial charge >= 0.3 is 0 Å². The predicted octanol–water partition coefficient (Wildman–Crippen LogP) is 2.95. The smallest absolute Gasteiger partial charge is 0.240 e. The van der Waals surface area contributed by atoms with Crippen LogP contribution in [0.5, 0.6) is 11.5 Å². The first kappa shape index (κ1) is 23.5. The number of ether oxygens (including phenoxy) is 2. The van der Waals surface area contributed by atoms with E-state index in [4.69, 9.17) is 9.47 Å². The Kier molecular flexibility index (Phi) is 7.72. The Balaban J connectivity index is 1.91. The first-order valence-corrected chi connectivity index (χ1v) is 11.5. The van der Waals surface area contributed by atoms with Crippen LogP contribution in [0.4, 0.5) is 5.69 Å². The maximum atomic E-state index is 12.3. The lowest BCUT2D eigenvalue weighted by molar-refractivity contribution is -0.119. The van der Waals surface area contributed by atoms with Gasteiger partial charge in [0, 0.05) is 0 Å². The fraction of sp³-hybridized carbons (Fsp3) is 0.409. The maximum Gasteiger partial charge on any atom is 0.240 e.